The lowest BCUT2D eigenvalue weighted by atomic mass is 9.89. The Labute approximate surface area is 105 Å². The van der Waals surface area contributed by atoms with Gasteiger partial charge in [0.1, 0.15) is 0 Å². The molecule has 0 saturated carbocycles. The van der Waals surface area contributed by atoms with Crippen molar-refractivity contribution < 1.29 is 9.53 Å². The van der Waals surface area contributed by atoms with E-state index in [1.54, 1.807) is 0 Å². The lowest BCUT2D eigenvalue weighted by Gasteiger charge is -2.30. The molecule has 0 fully saturated rings. The maximum atomic E-state index is 11.5. The van der Waals surface area contributed by atoms with Crippen LogP contribution in [0.25, 0.3) is 0 Å². The number of esters is 1. The Hall–Kier alpha value is -0.610. The van der Waals surface area contributed by atoms with Crippen LogP contribution in [0.2, 0.25) is 0 Å². The highest BCUT2D eigenvalue weighted by Crippen LogP contribution is 2.19. The molecule has 0 aromatic carbocycles. The van der Waals surface area contributed by atoms with Gasteiger partial charge < -0.3 is 10.5 Å². The van der Waals surface area contributed by atoms with Crippen LogP contribution < -0.4 is 5.73 Å². The predicted octanol–water partition coefficient (Wildman–Crippen LogP) is 1.63. The van der Waals surface area contributed by atoms with Gasteiger partial charge in [-0.1, -0.05) is 13.8 Å². The monoisotopic (exact) mass is 244 g/mol. The fraction of sp³-hybridized carbons (Fsp3) is 0.923. The molecule has 0 atom stereocenters. The van der Waals surface area contributed by atoms with Gasteiger partial charge in [-0.25, -0.2) is 0 Å². The van der Waals surface area contributed by atoms with Gasteiger partial charge in [0, 0.05) is 6.04 Å². The molecular formula is C13H28N2O2. The first kappa shape index (κ1) is 16.4. The molecular weight excluding hydrogens is 216 g/mol. The fourth-order valence-electron chi connectivity index (χ4n) is 1.44. The Morgan fingerprint density at radius 2 is 2.00 bits per heavy atom. The van der Waals surface area contributed by atoms with Crippen molar-refractivity contribution in [3.8, 4) is 0 Å². The smallest absolute Gasteiger partial charge is 0.320 e. The largest absolute Gasteiger partial charge is 0.465 e. The van der Waals surface area contributed by atoms with Crippen LogP contribution in [0, 0.1) is 5.41 Å². The quantitative estimate of drug-likeness (QED) is 0.659. The topological polar surface area (TPSA) is 55.6 Å². The van der Waals surface area contributed by atoms with Gasteiger partial charge >= 0.3 is 5.97 Å². The summed E-state index contributed by atoms with van der Waals surface area (Å²) in [5.41, 5.74) is 5.83. The van der Waals surface area contributed by atoms with Crippen molar-refractivity contribution in [1.29, 1.82) is 0 Å². The summed E-state index contributed by atoms with van der Waals surface area (Å²) < 4.78 is 4.98. The third kappa shape index (κ3) is 7.34. The minimum atomic E-state index is -0.147. The molecule has 0 amide bonds. The summed E-state index contributed by atoms with van der Waals surface area (Å²) in [6.07, 6.45) is 0.987. The lowest BCUT2D eigenvalue weighted by Crippen LogP contribution is -2.39. The summed E-state index contributed by atoms with van der Waals surface area (Å²) in [7, 11) is 0. The zero-order chi connectivity index (χ0) is 13.5. The average Bonchev–Trinajstić information content (AvgIpc) is 2.24. The predicted molar refractivity (Wildman–Crippen MR) is 70.8 cm³/mol. The maximum absolute atomic E-state index is 11.5. The Bertz CT molecular complexity index is 227. The minimum absolute atomic E-state index is 0.127. The van der Waals surface area contributed by atoms with Crippen molar-refractivity contribution in [2.45, 2.75) is 47.1 Å². The molecule has 4 nitrogen and oxygen atoms in total. The summed E-state index contributed by atoms with van der Waals surface area (Å²) in [5.74, 6) is -0.147. The number of hydrogen-bond acceptors (Lipinski definition) is 4. The van der Waals surface area contributed by atoms with Gasteiger partial charge in [-0.05, 0) is 45.7 Å². The molecule has 102 valence electrons. The number of ether oxygens (including phenoxy) is 1. The van der Waals surface area contributed by atoms with Gasteiger partial charge in [-0.3, -0.25) is 9.69 Å². The van der Waals surface area contributed by atoms with Crippen LogP contribution in [0.1, 0.15) is 41.0 Å². The zero-order valence-corrected chi connectivity index (χ0v) is 12.0. The molecule has 4 heteroatoms. The minimum Gasteiger partial charge on any atom is -0.465 e. The molecule has 0 aliphatic rings. The number of carbonyl (C=O) groups excluding carboxylic acids is 1. The van der Waals surface area contributed by atoms with Crippen LogP contribution >= 0.6 is 0 Å². The summed E-state index contributed by atoms with van der Waals surface area (Å²) in [4.78, 5) is 13.6. The van der Waals surface area contributed by atoms with Gasteiger partial charge in [-0.2, -0.15) is 0 Å². The Morgan fingerprint density at radius 3 is 2.41 bits per heavy atom. The Balaban J connectivity index is 4.21. The summed E-state index contributed by atoms with van der Waals surface area (Å²) in [6.45, 7) is 12.7. The Morgan fingerprint density at radius 1 is 1.41 bits per heavy atom. The molecule has 0 aliphatic heterocycles. The van der Waals surface area contributed by atoms with Gasteiger partial charge in [0.2, 0.25) is 0 Å². The van der Waals surface area contributed by atoms with Crippen molar-refractivity contribution in [2.24, 2.45) is 11.1 Å². The van der Waals surface area contributed by atoms with Crippen LogP contribution in [0.4, 0.5) is 0 Å². The van der Waals surface area contributed by atoms with Gasteiger partial charge in [0.25, 0.3) is 0 Å². The SMILES string of the molecule is CCOC(=O)CN(CCC(C)(C)CN)C(C)C. The molecule has 2 N–H and O–H groups in total. The third-order valence-electron chi connectivity index (χ3n) is 3.00. The van der Waals surface area contributed by atoms with E-state index >= 15 is 0 Å². The number of rotatable bonds is 8. The molecule has 0 heterocycles. The molecule has 0 aromatic heterocycles. The number of nitrogens with two attached hydrogens (primary N) is 1. The standard InChI is InChI=1S/C13H28N2O2/c1-6-17-12(16)9-15(11(2)3)8-7-13(4,5)10-14/h11H,6-10,14H2,1-5H3. The second-order valence-corrected chi connectivity index (χ2v) is 5.49. The van der Waals surface area contributed by atoms with Crippen molar-refractivity contribution >= 4 is 5.97 Å². The molecule has 0 radical (unpaired) electrons. The number of carbonyl (C=O) groups is 1. The van der Waals surface area contributed by atoms with E-state index in [-0.39, 0.29) is 11.4 Å². The fourth-order valence-corrected chi connectivity index (χ4v) is 1.44. The van der Waals surface area contributed by atoms with Crippen LogP contribution in [0.5, 0.6) is 0 Å². The molecule has 17 heavy (non-hydrogen) atoms. The molecule has 0 unspecified atom stereocenters. The highest BCUT2D eigenvalue weighted by molar-refractivity contribution is 5.71. The second kappa shape index (κ2) is 7.67. The molecule has 0 bridgehead atoms. The van der Waals surface area contributed by atoms with Crippen molar-refractivity contribution in [2.75, 3.05) is 26.2 Å². The first-order valence-electron chi connectivity index (χ1n) is 6.42. The van der Waals surface area contributed by atoms with E-state index in [9.17, 15) is 4.79 Å². The van der Waals surface area contributed by atoms with Crippen LogP contribution in [0.3, 0.4) is 0 Å². The van der Waals surface area contributed by atoms with Crippen LogP contribution in [-0.2, 0) is 9.53 Å². The Kier molecular flexibility index (Phi) is 7.39. The molecule has 0 saturated heterocycles. The molecule has 0 aliphatic carbocycles. The van der Waals surface area contributed by atoms with Crippen LogP contribution in [-0.4, -0.2) is 43.2 Å². The van der Waals surface area contributed by atoms with Crippen LogP contribution in [0.15, 0.2) is 0 Å². The second-order valence-electron chi connectivity index (χ2n) is 5.49. The first-order chi connectivity index (χ1) is 7.82. The molecule has 0 rings (SSSR count). The zero-order valence-electron chi connectivity index (χ0n) is 12.0. The summed E-state index contributed by atoms with van der Waals surface area (Å²) >= 11 is 0. The lowest BCUT2D eigenvalue weighted by molar-refractivity contribution is -0.145. The van der Waals surface area contributed by atoms with E-state index in [1.807, 2.05) is 6.92 Å². The van der Waals surface area contributed by atoms with Gasteiger partial charge in [0.15, 0.2) is 0 Å². The summed E-state index contributed by atoms with van der Waals surface area (Å²) in [5, 5.41) is 0. The van der Waals surface area contributed by atoms with Crippen molar-refractivity contribution in [3.63, 3.8) is 0 Å². The van der Waals surface area contributed by atoms with Gasteiger partial charge in [0.05, 0.1) is 13.2 Å². The third-order valence-corrected chi connectivity index (χ3v) is 3.00. The first-order valence-corrected chi connectivity index (χ1v) is 6.42. The normalized spacial score (nSPS) is 12.2. The summed E-state index contributed by atoms with van der Waals surface area (Å²) in [6, 6.07) is 0.341. The molecule has 0 spiro atoms. The average molecular weight is 244 g/mol. The number of nitrogens with zero attached hydrogens (tertiary/aromatic N) is 1. The van der Waals surface area contributed by atoms with Crippen molar-refractivity contribution in [3.05, 3.63) is 0 Å². The van der Waals surface area contributed by atoms with E-state index in [4.69, 9.17) is 10.5 Å². The molecule has 0 aromatic rings. The van der Waals surface area contributed by atoms with E-state index in [2.05, 4.69) is 32.6 Å². The van der Waals surface area contributed by atoms with Crippen molar-refractivity contribution in [1.82, 2.24) is 4.90 Å². The van der Waals surface area contributed by atoms with E-state index in [1.165, 1.54) is 0 Å². The number of hydrogen-bond donors (Lipinski definition) is 1. The van der Waals surface area contributed by atoms with E-state index < -0.39 is 0 Å². The van der Waals surface area contributed by atoms with E-state index in [0.717, 1.165) is 13.0 Å². The highest BCUT2D eigenvalue weighted by atomic mass is 16.5. The maximum Gasteiger partial charge on any atom is 0.320 e. The van der Waals surface area contributed by atoms with E-state index in [0.29, 0.717) is 25.7 Å². The van der Waals surface area contributed by atoms with Gasteiger partial charge in [-0.15, -0.1) is 0 Å². The highest BCUT2D eigenvalue weighted by Gasteiger charge is 2.20.